The van der Waals surface area contributed by atoms with Gasteiger partial charge in [0.15, 0.2) is 0 Å². The van der Waals surface area contributed by atoms with E-state index >= 15 is 0 Å². The fourth-order valence-corrected chi connectivity index (χ4v) is 2.55. The zero-order valence-corrected chi connectivity index (χ0v) is 11.5. The molecule has 19 heavy (non-hydrogen) atoms. The minimum Gasteiger partial charge on any atom is -0.396 e. The van der Waals surface area contributed by atoms with Crippen LogP contribution in [0.1, 0.15) is 44.1 Å². The minimum absolute atomic E-state index is 0.0195. The molecule has 1 fully saturated rings. The van der Waals surface area contributed by atoms with Crippen LogP contribution >= 0.6 is 0 Å². The zero-order valence-electron chi connectivity index (χ0n) is 11.5. The Morgan fingerprint density at radius 3 is 2.58 bits per heavy atom. The largest absolute Gasteiger partial charge is 0.396 e. The SMILES string of the molecule is CCC(CCO)NC(=O)C(c1ccccc1)C1CC1. The second-order valence-corrected chi connectivity index (χ2v) is 5.35. The average molecular weight is 261 g/mol. The van der Waals surface area contributed by atoms with Crippen LogP contribution in [0.2, 0.25) is 0 Å². The molecule has 1 aliphatic rings. The third kappa shape index (κ3) is 3.80. The Hall–Kier alpha value is -1.35. The molecule has 0 bridgehead atoms. The monoisotopic (exact) mass is 261 g/mol. The quantitative estimate of drug-likeness (QED) is 0.792. The Bertz CT molecular complexity index is 400. The summed E-state index contributed by atoms with van der Waals surface area (Å²) in [6, 6.07) is 10.1. The van der Waals surface area contributed by atoms with Crippen LogP contribution in [-0.4, -0.2) is 23.7 Å². The summed E-state index contributed by atoms with van der Waals surface area (Å²) in [6.07, 6.45) is 3.78. The second-order valence-electron chi connectivity index (χ2n) is 5.35. The van der Waals surface area contributed by atoms with Gasteiger partial charge in [-0.3, -0.25) is 4.79 Å². The molecule has 2 atom stereocenters. The molecule has 0 aromatic heterocycles. The van der Waals surface area contributed by atoms with Gasteiger partial charge in [0, 0.05) is 12.6 Å². The van der Waals surface area contributed by atoms with Crippen molar-refractivity contribution in [3.05, 3.63) is 35.9 Å². The van der Waals surface area contributed by atoms with Gasteiger partial charge in [-0.15, -0.1) is 0 Å². The van der Waals surface area contributed by atoms with Crippen molar-refractivity contribution in [2.24, 2.45) is 5.92 Å². The van der Waals surface area contributed by atoms with Crippen molar-refractivity contribution in [1.29, 1.82) is 0 Å². The fourth-order valence-electron chi connectivity index (χ4n) is 2.55. The van der Waals surface area contributed by atoms with Crippen molar-refractivity contribution in [1.82, 2.24) is 5.32 Å². The lowest BCUT2D eigenvalue weighted by atomic mass is 9.93. The lowest BCUT2D eigenvalue weighted by Crippen LogP contribution is -2.39. The number of nitrogens with one attached hydrogen (secondary N) is 1. The van der Waals surface area contributed by atoms with Gasteiger partial charge in [0.25, 0.3) is 0 Å². The van der Waals surface area contributed by atoms with Crippen LogP contribution in [0.3, 0.4) is 0 Å². The number of amides is 1. The normalized spacial score (nSPS) is 17.8. The molecule has 2 unspecified atom stereocenters. The molecule has 1 aromatic carbocycles. The molecule has 0 heterocycles. The summed E-state index contributed by atoms with van der Waals surface area (Å²) in [5.74, 6) is 0.594. The maximum Gasteiger partial charge on any atom is 0.228 e. The highest BCUT2D eigenvalue weighted by atomic mass is 16.3. The molecule has 2 N–H and O–H groups in total. The van der Waals surface area contributed by atoms with E-state index in [4.69, 9.17) is 5.11 Å². The first-order valence-corrected chi connectivity index (χ1v) is 7.22. The molecule has 0 aliphatic heterocycles. The molecule has 1 amide bonds. The van der Waals surface area contributed by atoms with Gasteiger partial charge in [-0.05, 0) is 37.2 Å². The van der Waals surface area contributed by atoms with Crippen LogP contribution in [0.15, 0.2) is 30.3 Å². The van der Waals surface area contributed by atoms with E-state index in [0.29, 0.717) is 12.3 Å². The van der Waals surface area contributed by atoms with Crippen LogP contribution in [-0.2, 0) is 4.79 Å². The first-order valence-electron chi connectivity index (χ1n) is 7.22. The highest BCUT2D eigenvalue weighted by Gasteiger charge is 2.37. The Kier molecular flexibility index (Phi) is 4.97. The third-order valence-electron chi connectivity index (χ3n) is 3.85. The van der Waals surface area contributed by atoms with E-state index in [2.05, 4.69) is 5.32 Å². The van der Waals surface area contributed by atoms with Gasteiger partial charge >= 0.3 is 0 Å². The molecule has 3 nitrogen and oxygen atoms in total. The zero-order chi connectivity index (χ0) is 13.7. The Morgan fingerprint density at radius 1 is 1.37 bits per heavy atom. The van der Waals surface area contributed by atoms with E-state index in [1.807, 2.05) is 37.3 Å². The molecule has 0 radical (unpaired) electrons. The van der Waals surface area contributed by atoms with Crippen molar-refractivity contribution in [2.45, 2.75) is 44.6 Å². The van der Waals surface area contributed by atoms with E-state index in [-0.39, 0.29) is 24.5 Å². The summed E-state index contributed by atoms with van der Waals surface area (Å²) in [6.45, 7) is 2.16. The van der Waals surface area contributed by atoms with Gasteiger partial charge < -0.3 is 10.4 Å². The molecular formula is C16H23NO2. The molecule has 1 aliphatic carbocycles. The highest BCUT2D eigenvalue weighted by Crippen LogP contribution is 2.42. The van der Waals surface area contributed by atoms with Crippen LogP contribution in [0, 0.1) is 5.92 Å². The standard InChI is InChI=1S/C16H23NO2/c1-2-14(10-11-18)17-16(19)15(13-8-9-13)12-6-4-3-5-7-12/h3-7,13-15,18H,2,8-11H2,1H3,(H,17,19). The highest BCUT2D eigenvalue weighted by molar-refractivity contribution is 5.84. The topological polar surface area (TPSA) is 49.3 Å². The van der Waals surface area contributed by atoms with Crippen LogP contribution in [0.5, 0.6) is 0 Å². The maximum atomic E-state index is 12.5. The molecule has 2 rings (SSSR count). The average Bonchev–Trinajstić information content (AvgIpc) is 3.24. The van der Waals surface area contributed by atoms with E-state index in [0.717, 1.165) is 24.8 Å². The van der Waals surface area contributed by atoms with E-state index < -0.39 is 0 Å². The lowest BCUT2D eigenvalue weighted by molar-refractivity contribution is -0.123. The van der Waals surface area contributed by atoms with Gasteiger partial charge in [-0.1, -0.05) is 37.3 Å². The molecule has 1 saturated carbocycles. The van der Waals surface area contributed by atoms with Crippen LogP contribution in [0.4, 0.5) is 0 Å². The Balaban J connectivity index is 2.05. The lowest BCUT2D eigenvalue weighted by Gasteiger charge is -2.21. The number of rotatable bonds is 7. The summed E-state index contributed by atoms with van der Waals surface area (Å²) in [4.78, 5) is 12.5. The predicted molar refractivity (Wildman–Crippen MR) is 75.8 cm³/mol. The van der Waals surface area contributed by atoms with Crippen molar-refractivity contribution in [3.63, 3.8) is 0 Å². The number of aliphatic hydroxyl groups excluding tert-OH is 1. The van der Waals surface area contributed by atoms with Crippen LogP contribution in [0.25, 0.3) is 0 Å². The van der Waals surface area contributed by atoms with Crippen molar-refractivity contribution < 1.29 is 9.90 Å². The number of hydrogen-bond acceptors (Lipinski definition) is 2. The Morgan fingerprint density at radius 2 is 2.05 bits per heavy atom. The summed E-state index contributed by atoms with van der Waals surface area (Å²) < 4.78 is 0. The summed E-state index contributed by atoms with van der Waals surface area (Å²) in [7, 11) is 0. The van der Waals surface area contributed by atoms with Crippen molar-refractivity contribution >= 4 is 5.91 Å². The Labute approximate surface area is 115 Å². The summed E-state index contributed by atoms with van der Waals surface area (Å²) in [5, 5.41) is 12.1. The molecule has 1 aromatic rings. The maximum absolute atomic E-state index is 12.5. The van der Waals surface area contributed by atoms with E-state index in [9.17, 15) is 4.79 Å². The fraction of sp³-hybridized carbons (Fsp3) is 0.562. The predicted octanol–water partition coefficient (Wildman–Crippen LogP) is 2.46. The molecule has 3 heteroatoms. The van der Waals surface area contributed by atoms with Gasteiger partial charge in [0.05, 0.1) is 5.92 Å². The summed E-state index contributed by atoms with van der Waals surface area (Å²) in [5.41, 5.74) is 1.11. The first kappa shape index (κ1) is 14.1. The number of hydrogen-bond donors (Lipinski definition) is 2. The minimum atomic E-state index is -0.0195. The molecule has 0 saturated heterocycles. The second kappa shape index (κ2) is 6.71. The summed E-state index contributed by atoms with van der Waals surface area (Å²) >= 11 is 0. The smallest absolute Gasteiger partial charge is 0.228 e. The third-order valence-corrected chi connectivity index (χ3v) is 3.85. The number of benzene rings is 1. The van der Waals surface area contributed by atoms with Crippen molar-refractivity contribution in [2.75, 3.05) is 6.61 Å². The molecule has 104 valence electrons. The number of aliphatic hydroxyl groups is 1. The number of carbonyl (C=O) groups is 1. The number of carbonyl (C=O) groups excluding carboxylic acids is 1. The van der Waals surface area contributed by atoms with Gasteiger partial charge in [0.1, 0.15) is 0 Å². The van der Waals surface area contributed by atoms with Gasteiger partial charge in [-0.2, -0.15) is 0 Å². The van der Waals surface area contributed by atoms with Gasteiger partial charge in [-0.25, -0.2) is 0 Å². The van der Waals surface area contributed by atoms with Crippen molar-refractivity contribution in [3.8, 4) is 0 Å². The first-order chi connectivity index (χ1) is 9.26. The van der Waals surface area contributed by atoms with E-state index in [1.54, 1.807) is 0 Å². The molecule has 0 spiro atoms. The van der Waals surface area contributed by atoms with E-state index in [1.165, 1.54) is 0 Å². The van der Waals surface area contributed by atoms with Gasteiger partial charge in [0.2, 0.25) is 5.91 Å². The van der Waals surface area contributed by atoms with Crippen LogP contribution < -0.4 is 5.32 Å². The molecular weight excluding hydrogens is 238 g/mol.